The van der Waals surface area contributed by atoms with Gasteiger partial charge in [0.05, 0.1) is 16.3 Å². The number of nitrogens with zero attached hydrogens (tertiary/aromatic N) is 2. The van der Waals surface area contributed by atoms with E-state index in [0.717, 1.165) is 0 Å². The van der Waals surface area contributed by atoms with Crippen molar-refractivity contribution in [1.82, 2.24) is 10.1 Å². The SMILES string of the molecule is CC(C)SCc1noc(-c2c(N)cccc2Cl)n1. The van der Waals surface area contributed by atoms with Crippen LogP contribution in [-0.4, -0.2) is 15.4 Å². The zero-order valence-corrected chi connectivity index (χ0v) is 11.8. The van der Waals surface area contributed by atoms with Gasteiger partial charge in [-0.15, -0.1) is 0 Å². The van der Waals surface area contributed by atoms with Crippen molar-refractivity contribution in [1.29, 1.82) is 0 Å². The second-order valence-electron chi connectivity index (χ2n) is 4.08. The fourth-order valence-corrected chi connectivity index (χ4v) is 2.28. The number of nitrogen functional groups attached to an aromatic ring is 1. The van der Waals surface area contributed by atoms with Gasteiger partial charge in [0.1, 0.15) is 0 Å². The molecule has 2 aromatic rings. The Bertz CT molecular complexity index is 522. The van der Waals surface area contributed by atoms with Crippen LogP contribution in [0, 0.1) is 0 Å². The number of benzene rings is 1. The minimum Gasteiger partial charge on any atom is -0.398 e. The molecule has 0 aliphatic carbocycles. The molecule has 0 bridgehead atoms. The van der Waals surface area contributed by atoms with E-state index in [2.05, 4.69) is 24.0 Å². The molecule has 96 valence electrons. The van der Waals surface area contributed by atoms with Gasteiger partial charge in [-0.3, -0.25) is 0 Å². The molecule has 0 aliphatic rings. The predicted octanol–water partition coefficient (Wildman–Crippen LogP) is 3.61. The molecule has 0 fully saturated rings. The number of thioether (sulfide) groups is 1. The predicted molar refractivity (Wildman–Crippen MR) is 75.6 cm³/mol. The lowest BCUT2D eigenvalue weighted by Crippen LogP contribution is -1.92. The van der Waals surface area contributed by atoms with Crippen LogP contribution in [0.25, 0.3) is 11.5 Å². The third kappa shape index (κ3) is 2.97. The van der Waals surface area contributed by atoms with E-state index in [-0.39, 0.29) is 0 Å². The summed E-state index contributed by atoms with van der Waals surface area (Å²) >= 11 is 7.84. The average Bonchev–Trinajstić information content (AvgIpc) is 2.75. The Kier molecular flexibility index (Phi) is 4.14. The maximum Gasteiger partial charge on any atom is 0.261 e. The molecule has 0 radical (unpaired) electrons. The van der Waals surface area contributed by atoms with E-state index in [1.807, 2.05) is 0 Å². The Morgan fingerprint density at radius 2 is 2.22 bits per heavy atom. The summed E-state index contributed by atoms with van der Waals surface area (Å²) in [6.07, 6.45) is 0. The van der Waals surface area contributed by atoms with Gasteiger partial charge in [-0.2, -0.15) is 16.7 Å². The molecule has 2 rings (SSSR count). The van der Waals surface area contributed by atoms with Crippen LogP contribution in [0.2, 0.25) is 5.02 Å². The maximum absolute atomic E-state index is 6.09. The Labute approximate surface area is 115 Å². The molecule has 1 aromatic heterocycles. The number of rotatable bonds is 4. The highest BCUT2D eigenvalue weighted by atomic mass is 35.5. The maximum atomic E-state index is 6.09. The van der Waals surface area contributed by atoms with Gasteiger partial charge in [0, 0.05) is 5.69 Å². The Morgan fingerprint density at radius 3 is 2.89 bits per heavy atom. The second-order valence-corrected chi connectivity index (χ2v) is 6.05. The standard InChI is InChI=1S/C12H14ClN3OS/c1-7(2)18-6-10-15-12(17-16-10)11-8(13)4-3-5-9(11)14/h3-5,7H,6,14H2,1-2H3. The van der Waals surface area contributed by atoms with Gasteiger partial charge < -0.3 is 10.3 Å². The first kappa shape index (κ1) is 13.2. The molecule has 0 unspecified atom stereocenters. The molecule has 2 N–H and O–H groups in total. The summed E-state index contributed by atoms with van der Waals surface area (Å²) in [6, 6.07) is 5.29. The van der Waals surface area contributed by atoms with E-state index in [1.165, 1.54) is 0 Å². The summed E-state index contributed by atoms with van der Waals surface area (Å²) in [5.74, 6) is 1.74. The summed E-state index contributed by atoms with van der Waals surface area (Å²) < 4.78 is 5.21. The zero-order chi connectivity index (χ0) is 13.1. The van der Waals surface area contributed by atoms with Crippen LogP contribution < -0.4 is 5.73 Å². The molecule has 0 saturated carbocycles. The molecular formula is C12H14ClN3OS. The van der Waals surface area contributed by atoms with Crippen molar-refractivity contribution in [3.05, 3.63) is 29.0 Å². The Hall–Kier alpha value is -1.20. The average molecular weight is 284 g/mol. The fraction of sp³-hybridized carbons (Fsp3) is 0.333. The van der Waals surface area contributed by atoms with E-state index in [0.29, 0.717) is 39.0 Å². The number of hydrogen-bond donors (Lipinski definition) is 1. The summed E-state index contributed by atoms with van der Waals surface area (Å²) in [4.78, 5) is 4.31. The van der Waals surface area contributed by atoms with Crippen LogP contribution >= 0.6 is 23.4 Å². The second kappa shape index (κ2) is 5.63. The topological polar surface area (TPSA) is 64.9 Å². The van der Waals surface area contributed by atoms with E-state index >= 15 is 0 Å². The highest BCUT2D eigenvalue weighted by Crippen LogP contribution is 2.32. The van der Waals surface area contributed by atoms with Gasteiger partial charge in [-0.1, -0.05) is 36.7 Å². The lowest BCUT2D eigenvalue weighted by atomic mass is 10.2. The van der Waals surface area contributed by atoms with E-state index in [9.17, 15) is 0 Å². The zero-order valence-electron chi connectivity index (χ0n) is 10.2. The normalized spacial score (nSPS) is 11.1. The molecule has 1 heterocycles. The van der Waals surface area contributed by atoms with Crippen LogP contribution in [0.1, 0.15) is 19.7 Å². The van der Waals surface area contributed by atoms with Crippen LogP contribution in [0.15, 0.2) is 22.7 Å². The van der Waals surface area contributed by atoms with Gasteiger partial charge in [-0.25, -0.2) is 0 Å². The molecule has 0 amide bonds. The monoisotopic (exact) mass is 283 g/mol. The molecule has 0 saturated heterocycles. The largest absolute Gasteiger partial charge is 0.398 e. The summed E-state index contributed by atoms with van der Waals surface area (Å²) in [7, 11) is 0. The van der Waals surface area contributed by atoms with Crippen molar-refractivity contribution >= 4 is 29.1 Å². The summed E-state index contributed by atoms with van der Waals surface area (Å²) in [5, 5.41) is 4.97. The molecule has 0 spiro atoms. The fourth-order valence-electron chi connectivity index (χ4n) is 1.42. The van der Waals surface area contributed by atoms with Gasteiger partial charge in [0.25, 0.3) is 5.89 Å². The number of nitrogens with two attached hydrogens (primary N) is 1. The first-order chi connectivity index (χ1) is 8.58. The van der Waals surface area contributed by atoms with Gasteiger partial charge >= 0.3 is 0 Å². The van der Waals surface area contributed by atoms with Gasteiger partial charge in [-0.05, 0) is 17.4 Å². The lowest BCUT2D eigenvalue weighted by Gasteiger charge is -2.02. The van der Waals surface area contributed by atoms with E-state index in [4.69, 9.17) is 21.9 Å². The first-order valence-electron chi connectivity index (χ1n) is 5.56. The van der Waals surface area contributed by atoms with Crippen LogP contribution in [-0.2, 0) is 5.75 Å². The van der Waals surface area contributed by atoms with Gasteiger partial charge in [0.15, 0.2) is 5.82 Å². The molecule has 4 nitrogen and oxygen atoms in total. The summed E-state index contributed by atoms with van der Waals surface area (Å²) in [5.41, 5.74) is 7.01. The quantitative estimate of drug-likeness (QED) is 0.868. The van der Waals surface area contributed by atoms with E-state index < -0.39 is 0 Å². The molecule has 6 heteroatoms. The van der Waals surface area contributed by atoms with Crippen molar-refractivity contribution in [3.63, 3.8) is 0 Å². The van der Waals surface area contributed by atoms with Gasteiger partial charge in [0.2, 0.25) is 0 Å². The molecular weight excluding hydrogens is 270 g/mol. The number of hydrogen-bond acceptors (Lipinski definition) is 5. The van der Waals surface area contributed by atoms with Crippen LogP contribution in [0.4, 0.5) is 5.69 Å². The third-order valence-corrected chi connectivity index (χ3v) is 3.68. The van der Waals surface area contributed by atoms with Crippen molar-refractivity contribution in [3.8, 4) is 11.5 Å². The van der Waals surface area contributed by atoms with Crippen LogP contribution in [0.3, 0.4) is 0 Å². The van der Waals surface area contributed by atoms with Crippen molar-refractivity contribution in [2.75, 3.05) is 5.73 Å². The minimum atomic E-state index is 0.373. The van der Waals surface area contributed by atoms with Crippen LogP contribution in [0.5, 0.6) is 0 Å². The Balaban J connectivity index is 2.24. The number of halogens is 1. The lowest BCUT2D eigenvalue weighted by molar-refractivity contribution is 0.425. The summed E-state index contributed by atoms with van der Waals surface area (Å²) in [6.45, 7) is 4.25. The highest BCUT2D eigenvalue weighted by molar-refractivity contribution is 7.99. The first-order valence-corrected chi connectivity index (χ1v) is 6.99. The van der Waals surface area contributed by atoms with Crippen molar-refractivity contribution in [2.45, 2.75) is 24.9 Å². The minimum absolute atomic E-state index is 0.373. The smallest absolute Gasteiger partial charge is 0.261 e. The number of aromatic nitrogens is 2. The molecule has 0 aliphatic heterocycles. The number of anilines is 1. The highest BCUT2D eigenvalue weighted by Gasteiger charge is 2.15. The van der Waals surface area contributed by atoms with E-state index in [1.54, 1.807) is 30.0 Å². The van der Waals surface area contributed by atoms with Crippen molar-refractivity contribution < 1.29 is 4.52 Å². The molecule has 18 heavy (non-hydrogen) atoms. The third-order valence-electron chi connectivity index (χ3n) is 2.27. The molecule has 1 aromatic carbocycles. The Morgan fingerprint density at radius 1 is 1.44 bits per heavy atom. The molecule has 0 atom stereocenters. The van der Waals surface area contributed by atoms with Crippen molar-refractivity contribution in [2.24, 2.45) is 0 Å².